The van der Waals surface area contributed by atoms with Gasteiger partial charge < -0.3 is 19.2 Å². The molecule has 10 heteroatoms. The molecular weight excluding hydrogens is 544 g/mol. The van der Waals surface area contributed by atoms with Crippen molar-refractivity contribution in [2.24, 2.45) is 11.8 Å². The standard InChI is InChI=1S/C31H34N2O7S/c1-18(2)33(30(34)20-7-5-19(3)6-8-20)27-16-25-24-15-23(13-14-28(24)40-29(25)17-26(27)31(35)36)41(37,38)32-21-9-11-22(39-4)12-10-21/h9-20,32H,5-8H2,1-4H3,(H,35,36). The Morgan fingerprint density at radius 2 is 1.63 bits per heavy atom. The first-order valence-electron chi connectivity index (χ1n) is 13.7. The fraction of sp³-hybridized carbons (Fsp3) is 0.355. The summed E-state index contributed by atoms with van der Waals surface area (Å²) < 4.78 is 40.1. The Hall–Kier alpha value is -4.05. The normalized spacial score (nSPS) is 17.6. The molecule has 1 heterocycles. The number of amides is 1. The van der Waals surface area contributed by atoms with E-state index in [1.54, 1.807) is 41.3 Å². The number of sulfonamides is 1. The van der Waals surface area contributed by atoms with Crippen LogP contribution >= 0.6 is 0 Å². The zero-order valence-corrected chi connectivity index (χ0v) is 24.3. The first kappa shape index (κ1) is 28.5. The Bertz CT molecular complexity index is 1720. The van der Waals surface area contributed by atoms with E-state index >= 15 is 0 Å². The second-order valence-corrected chi connectivity index (χ2v) is 12.7. The zero-order chi connectivity index (χ0) is 29.5. The molecule has 216 valence electrons. The molecule has 3 aromatic carbocycles. The van der Waals surface area contributed by atoms with Gasteiger partial charge in [-0.1, -0.05) is 6.92 Å². The number of fused-ring (bicyclic) bond motifs is 3. The molecule has 4 aromatic rings. The summed E-state index contributed by atoms with van der Waals surface area (Å²) in [6, 6.07) is 13.8. The minimum absolute atomic E-state index is 0.0143. The molecule has 5 rings (SSSR count). The smallest absolute Gasteiger partial charge is 0.337 e. The number of nitrogens with one attached hydrogen (secondary N) is 1. The van der Waals surface area contributed by atoms with Gasteiger partial charge in [0.1, 0.15) is 16.9 Å². The van der Waals surface area contributed by atoms with Crippen molar-refractivity contribution in [1.82, 2.24) is 0 Å². The number of carboxylic acid groups (broad SMARTS) is 1. The van der Waals surface area contributed by atoms with Crippen molar-refractivity contribution >= 4 is 55.2 Å². The molecule has 1 aliphatic rings. The number of hydrogen-bond acceptors (Lipinski definition) is 6. The summed E-state index contributed by atoms with van der Waals surface area (Å²) in [5, 5.41) is 11.1. The van der Waals surface area contributed by atoms with Gasteiger partial charge >= 0.3 is 5.97 Å². The van der Waals surface area contributed by atoms with E-state index in [1.807, 2.05) is 13.8 Å². The molecule has 0 saturated heterocycles. The highest BCUT2D eigenvalue weighted by molar-refractivity contribution is 7.92. The summed E-state index contributed by atoms with van der Waals surface area (Å²) in [5.41, 5.74) is 1.30. The molecule has 0 aliphatic heterocycles. The van der Waals surface area contributed by atoms with Crippen molar-refractivity contribution in [3.8, 4) is 5.75 Å². The number of anilines is 2. The monoisotopic (exact) mass is 578 g/mol. The van der Waals surface area contributed by atoms with Crippen LogP contribution in [0, 0.1) is 11.8 Å². The van der Waals surface area contributed by atoms with Crippen LogP contribution in [0.25, 0.3) is 21.9 Å². The number of carboxylic acids is 1. The molecule has 0 radical (unpaired) electrons. The van der Waals surface area contributed by atoms with E-state index in [0.29, 0.717) is 39.3 Å². The topological polar surface area (TPSA) is 126 Å². The quantitative estimate of drug-likeness (QED) is 0.239. The van der Waals surface area contributed by atoms with Crippen LogP contribution in [-0.4, -0.2) is 38.6 Å². The second kappa shape index (κ2) is 11.1. The third-order valence-electron chi connectivity index (χ3n) is 7.82. The van der Waals surface area contributed by atoms with Crippen LogP contribution in [0.2, 0.25) is 0 Å². The average Bonchev–Trinajstić information content (AvgIpc) is 3.30. The Morgan fingerprint density at radius 1 is 0.976 bits per heavy atom. The summed E-state index contributed by atoms with van der Waals surface area (Å²) in [7, 11) is -2.43. The van der Waals surface area contributed by atoms with E-state index < -0.39 is 16.0 Å². The van der Waals surface area contributed by atoms with E-state index in [1.165, 1.54) is 25.3 Å². The van der Waals surface area contributed by atoms with Crippen molar-refractivity contribution in [3.63, 3.8) is 0 Å². The number of methoxy groups -OCH3 is 1. The van der Waals surface area contributed by atoms with E-state index in [0.717, 1.165) is 25.7 Å². The number of carbonyl (C=O) groups is 2. The maximum atomic E-state index is 13.8. The molecule has 0 atom stereocenters. The number of benzene rings is 3. The summed E-state index contributed by atoms with van der Waals surface area (Å²) >= 11 is 0. The van der Waals surface area contributed by atoms with Gasteiger partial charge in [-0.25, -0.2) is 13.2 Å². The van der Waals surface area contributed by atoms with Crippen LogP contribution in [0.4, 0.5) is 11.4 Å². The van der Waals surface area contributed by atoms with Crippen molar-refractivity contribution in [2.45, 2.75) is 57.4 Å². The van der Waals surface area contributed by atoms with Gasteiger partial charge in [-0.05, 0) is 100 Å². The van der Waals surface area contributed by atoms with Crippen LogP contribution in [0.1, 0.15) is 56.8 Å². The van der Waals surface area contributed by atoms with E-state index in [-0.39, 0.29) is 34.0 Å². The molecule has 1 amide bonds. The molecule has 1 saturated carbocycles. The van der Waals surface area contributed by atoms with Crippen molar-refractivity contribution in [1.29, 1.82) is 0 Å². The summed E-state index contributed by atoms with van der Waals surface area (Å²) in [4.78, 5) is 27.7. The number of hydrogen-bond donors (Lipinski definition) is 2. The Kier molecular flexibility index (Phi) is 7.70. The summed E-state index contributed by atoms with van der Waals surface area (Å²) in [6.07, 6.45) is 3.46. The van der Waals surface area contributed by atoms with Gasteiger partial charge in [0, 0.05) is 28.4 Å². The lowest BCUT2D eigenvalue weighted by molar-refractivity contribution is -0.123. The Morgan fingerprint density at radius 3 is 2.24 bits per heavy atom. The SMILES string of the molecule is COc1ccc(NS(=O)(=O)c2ccc3oc4cc(C(=O)O)c(N(C(=O)C5CCC(C)CC5)C(C)C)cc4c3c2)cc1. The lowest BCUT2D eigenvalue weighted by Gasteiger charge is -2.34. The minimum Gasteiger partial charge on any atom is -0.497 e. The molecule has 2 N–H and O–H groups in total. The largest absolute Gasteiger partial charge is 0.497 e. The molecule has 41 heavy (non-hydrogen) atoms. The maximum absolute atomic E-state index is 13.8. The molecule has 1 aromatic heterocycles. The zero-order valence-electron chi connectivity index (χ0n) is 23.5. The number of nitrogens with zero attached hydrogens (tertiary/aromatic N) is 1. The van der Waals surface area contributed by atoms with Gasteiger partial charge in [-0.2, -0.15) is 0 Å². The molecule has 1 aliphatic carbocycles. The molecule has 0 spiro atoms. The number of aromatic carboxylic acids is 1. The lowest BCUT2D eigenvalue weighted by Crippen LogP contribution is -2.42. The van der Waals surface area contributed by atoms with Crippen LogP contribution in [-0.2, 0) is 14.8 Å². The second-order valence-electron chi connectivity index (χ2n) is 11.0. The predicted octanol–water partition coefficient (Wildman–Crippen LogP) is 6.66. The van der Waals surface area contributed by atoms with Crippen molar-refractivity contribution < 1.29 is 32.3 Å². The summed E-state index contributed by atoms with van der Waals surface area (Å²) in [6.45, 7) is 5.91. The van der Waals surface area contributed by atoms with Gasteiger partial charge in [0.25, 0.3) is 10.0 Å². The number of carbonyl (C=O) groups excluding carboxylic acids is 1. The van der Waals surface area contributed by atoms with E-state index in [2.05, 4.69) is 11.6 Å². The highest BCUT2D eigenvalue weighted by atomic mass is 32.2. The average molecular weight is 579 g/mol. The Labute approximate surface area is 239 Å². The van der Waals surface area contributed by atoms with Crippen LogP contribution < -0.4 is 14.4 Å². The van der Waals surface area contributed by atoms with E-state index in [4.69, 9.17) is 9.15 Å². The minimum atomic E-state index is -3.96. The number of furan rings is 1. The van der Waals surface area contributed by atoms with Crippen LogP contribution in [0.3, 0.4) is 0 Å². The van der Waals surface area contributed by atoms with Gasteiger partial charge in [0.2, 0.25) is 5.91 Å². The number of ether oxygens (including phenoxy) is 1. The first-order valence-corrected chi connectivity index (χ1v) is 15.2. The van der Waals surface area contributed by atoms with Crippen LogP contribution in [0.15, 0.2) is 63.9 Å². The fourth-order valence-corrected chi connectivity index (χ4v) is 6.64. The molecule has 9 nitrogen and oxygen atoms in total. The molecule has 0 unspecified atom stereocenters. The van der Waals surface area contributed by atoms with E-state index in [9.17, 15) is 23.1 Å². The first-order chi connectivity index (χ1) is 19.5. The van der Waals surface area contributed by atoms with Gasteiger partial charge in [-0.3, -0.25) is 9.52 Å². The fourth-order valence-electron chi connectivity index (χ4n) is 5.56. The predicted molar refractivity (Wildman–Crippen MR) is 158 cm³/mol. The maximum Gasteiger partial charge on any atom is 0.337 e. The van der Waals surface area contributed by atoms with Crippen molar-refractivity contribution in [3.05, 3.63) is 60.2 Å². The number of rotatable bonds is 8. The van der Waals surface area contributed by atoms with Gasteiger partial charge in [0.15, 0.2) is 0 Å². The van der Waals surface area contributed by atoms with Gasteiger partial charge in [-0.15, -0.1) is 0 Å². The highest BCUT2D eigenvalue weighted by Crippen LogP contribution is 2.38. The molecule has 0 bridgehead atoms. The third-order valence-corrected chi connectivity index (χ3v) is 9.20. The van der Waals surface area contributed by atoms with Gasteiger partial charge in [0.05, 0.1) is 23.3 Å². The lowest BCUT2D eigenvalue weighted by atomic mass is 9.82. The third kappa shape index (κ3) is 5.61. The summed E-state index contributed by atoms with van der Waals surface area (Å²) in [5.74, 6) is -0.270. The Balaban J connectivity index is 1.59. The highest BCUT2D eigenvalue weighted by Gasteiger charge is 2.33. The van der Waals surface area contributed by atoms with Crippen LogP contribution in [0.5, 0.6) is 5.75 Å². The molecular formula is C31H34N2O7S. The molecule has 1 fully saturated rings. The van der Waals surface area contributed by atoms with Crippen molar-refractivity contribution in [2.75, 3.05) is 16.7 Å².